The molecule has 1 N–H and O–H groups in total. The molecule has 2 heterocycles. The van der Waals surface area contributed by atoms with Crippen molar-refractivity contribution >= 4 is 11.8 Å². The molecule has 1 saturated heterocycles. The molecule has 30 heavy (non-hydrogen) atoms. The zero-order valence-electron chi connectivity index (χ0n) is 17.7. The Morgan fingerprint density at radius 1 is 1.23 bits per heavy atom. The fourth-order valence-electron chi connectivity index (χ4n) is 4.74. The van der Waals surface area contributed by atoms with E-state index in [-0.39, 0.29) is 23.7 Å². The van der Waals surface area contributed by atoms with E-state index in [9.17, 15) is 9.59 Å². The van der Waals surface area contributed by atoms with Crippen LogP contribution in [0.2, 0.25) is 0 Å². The topological polar surface area (TPSA) is 75.4 Å². The van der Waals surface area contributed by atoms with Crippen LogP contribution >= 0.6 is 0 Å². The van der Waals surface area contributed by atoms with E-state index in [4.69, 9.17) is 4.52 Å². The summed E-state index contributed by atoms with van der Waals surface area (Å²) in [4.78, 5) is 27.4. The highest BCUT2D eigenvalue weighted by Gasteiger charge is 2.44. The third-order valence-corrected chi connectivity index (χ3v) is 6.48. The van der Waals surface area contributed by atoms with Gasteiger partial charge in [0, 0.05) is 29.6 Å². The molecule has 1 atom stereocenters. The number of hydrogen-bond acceptors (Lipinski definition) is 4. The molecule has 0 radical (unpaired) electrons. The highest BCUT2D eigenvalue weighted by Crippen LogP contribution is 2.46. The van der Waals surface area contributed by atoms with Gasteiger partial charge in [0.25, 0.3) is 0 Å². The predicted molar refractivity (Wildman–Crippen MR) is 113 cm³/mol. The lowest BCUT2D eigenvalue weighted by molar-refractivity contribution is -0.134. The first-order valence-corrected chi connectivity index (χ1v) is 10.7. The zero-order valence-corrected chi connectivity index (χ0v) is 17.7. The molecule has 1 aliphatic carbocycles. The monoisotopic (exact) mass is 407 g/mol. The van der Waals surface area contributed by atoms with E-state index in [0.29, 0.717) is 25.3 Å². The smallest absolute Gasteiger partial charge is 0.227 e. The van der Waals surface area contributed by atoms with Crippen LogP contribution in [-0.2, 0) is 22.6 Å². The predicted octanol–water partition coefficient (Wildman–Crippen LogP) is 3.83. The Morgan fingerprint density at radius 2 is 2.03 bits per heavy atom. The maximum absolute atomic E-state index is 12.8. The number of carbonyl (C=O) groups excluding carboxylic acids is 2. The number of aryl methyl sites for hydroxylation is 2. The van der Waals surface area contributed by atoms with E-state index in [2.05, 4.69) is 28.7 Å². The van der Waals surface area contributed by atoms with E-state index >= 15 is 0 Å². The molecule has 1 aliphatic heterocycles. The minimum atomic E-state index is -0.171. The minimum absolute atomic E-state index is 0.0322. The van der Waals surface area contributed by atoms with Gasteiger partial charge in [-0.3, -0.25) is 9.59 Å². The molecule has 2 aliphatic rings. The van der Waals surface area contributed by atoms with Crippen LogP contribution in [0.25, 0.3) is 0 Å². The Kier molecular flexibility index (Phi) is 5.75. The molecule has 2 aromatic rings. The number of aromatic nitrogens is 1. The lowest BCUT2D eigenvalue weighted by atomic mass is 9.69. The molecule has 0 spiro atoms. The second kappa shape index (κ2) is 8.46. The number of carbonyl (C=O) groups is 2. The van der Waals surface area contributed by atoms with Gasteiger partial charge in [-0.25, -0.2) is 0 Å². The van der Waals surface area contributed by atoms with Crippen molar-refractivity contribution in [3.8, 4) is 0 Å². The summed E-state index contributed by atoms with van der Waals surface area (Å²) in [6, 6.07) is 10.1. The van der Waals surface area contributed by atoms with Gasteiger partial charge < -0.3 is 14.7 Å². The Labute approximate surface area is 177 Å². The van der Waals surface area contributed by atoms with Gasteiger partial charge in [-0.2, -0.15) is 0 Å². The van der Waals surface area contributed by atoms with Crippen LogP contribution in [0.15, 0.2) is 46.6 Å². The van der Waals surface area contributed by atoms with Crippen molar-refractivity contribution in [1.29, 1.82) is 0 Å². The van der Waals surface area contributed by atoms with Gasteiger partial charge in [0.15, 0.2) is 0 Å². The van der Waals surface area contributed by atoms with Crippen LogP contribution in [0, 0.1) is 19.3 Å². The molecular weight excluding hydrogens is 378 g/mol. The summed E-state index contributed by atoms with van der Waals surface area (Å²) < 4.78 is 5.17. The van der Waals surface area contributed by atoms with Crippen molar-refractivity contribution in [2.75, 3.05) is 6.54 Å². The van der Waals surface area contributed by atoms with E-state index < -0.39 is 0 Å². The molecule has 6 heteroatoms. The average molecular weight is 408 g/mol. The number of hydrogen-bond donors (Lipinski definition) is 1. The summed E-state index contributed by atoms with van der Waals surface area (Å²) in [5, 5.41) is 7.08. The van der Waals surface area contributed by atoms with E-state index in [0.717, 1.165) is 48.2 Å². The van der Waals surface area contributed by atoms with Gasteiger partial charge in [0.2, 0.25) is 11.8 Å². The van der Waals surface area contributed by atoms with Gasteiger partial charge in [-0.1, -0.05) is 41.6 Å². The molecule has 1 aromatic carbocycles. The van der Waals surface area contributed by atoms with Crippen LogP contribution in [-0.4, -0.2) is 28.4 Å². The summed E-state index contributed by atoms with van der Waals surface area (Å²) in [5.74, 6) is 0.830. The van der Waals surface area contributed by atoms with Gasteiger partial charge in [0.1, 0.15) is 5.76 Å². The summed E-state index contributed by atoms with van der Waals surface area (Å²) in [6.07, 6.45) is 6.83. The normalized spacial score (nSPS) is 21.2. The van der Waals surface area contributed by atoms with Crippen molar-refractivity contribution in [3.05, 3.63) is 64.7 Å². The maximum Gasteiger partial charge on any atom is 0.227 e. The summed E-state index contributed by atoms with van der Waals surface area (Å²) in [5.41, 5.74) is 3.65. The van der Waals surface area contributed by atoms with Gasteiger partial charge in [-0.05, 0) is 45.1 Å². The maximum atomic E-state index is 12.8. The largest absolute Gasteiger partial charge is 0.361 e. The molecule has 158 valence electrons. The van der Waals surface area contributed by atoms with Crippen molar-refractivity contribution in [2.24, 2.45) is 5.41 Å². The van der Waals surface area contributed by atoms with Crippen LogP contribution in [0.3, 0.4) is 0 Å². The Morgan fingerprint density at radius 3 is 2.77 bits per heavy atom. The van der Waals surface area contributed by atoms with Crippen molar-refractivity contribution in [1.82, 2.24) is 15.4 Å². The van der Waals surface area contributed by atoms with E-state index in [1.807, 2.05) is 36.9 Å². The molecule has 6 nitrogen and oxygen atoms in total. The second-order valence-corrected chi connectivity index (χ2v) is 8.48. The van der Waals surface area contributed by atoms with Gasteiger partial charge in [-0.15, -0.1) is 0 Å². The fraction of sp³-hybridized carbons (Fsp3) is 0.458. The number of nitrogens with zero attached hydrogens (tertiary/aromatic N) is 2. The third-order valence-electron chi connectivity index (χ3n) is 6.48. The lowest BCUT2D eigenvalue weighted by Crippen LogP contribution is -2.50. The third kappa shape index (κ3) is 4.04. The highest BCUT2D eigenvalue weighted by atomic mass is 16.5. The molecule has 4 rings (SSSR count). The molecule has 1 aromatic heterocycles. The number of piperidine rings is 1. The quantitative estimate of drug-likeness (QED) is 0.790. The van der Waals surface area contributed by atoms with E-state index in [1.54, 1.807) is 0 Å². The summed E-state index contributed by atoms with van der Waals surface area (Å²) in [7, 11) is 0. The fourth-order valence-corrected chi connectivity index (χ4v) is 4.74. The SMILES string of the molecule is Cc1noc(C)c1CC(=O)NCC12CCCC=C1N(Cc1ccccc1)C(=O)CC2. The van der Waals surface area contributed by atoms with Crippen LogP contribution in [0.1, 0.15) is 54.7 Å². The number of fused-ring (bicyclic) bond motifs is 1. The average Bonchev–Trinajstić information content (AvgIpc) is 3.07. The summed E-state index contributed by atoms with van der Waals surface area (Å²) in [6.45, 7) is 4.82. The number of benzene rings is 1. The zero-order chi connectivity index (χ0) is 21.1. The first kappa shape index (κ1) is 20.4. The second-order valence-electron chi connectivity index (χ2n) is 8.48. The van der Waals surface area contributed by atoms with E-state index in [1.165, 1.54) is 0 Å². The molecule has 2 amide bonds. The minimum Gasteiger partial charge on any atom is -0.361 e. The van der Waals surface area contributed by atoms with Crippen molar-refractivity contribution in [3.63, 3.8) is 0 Å². The Bertz CT molecular complexity index is 944. The van der Waals surface area contributed by atoms with Crippen molar-refractivity contribution < 1.29 is 14.1 Å². The number of amides is 2. The van der Waals surface area contributed by atoms with Crippen LogP contribution in [0.4, 0.5) is 0 Å². The summed E-state index contributed by atoms with van der Waals surface area (Å²) >= 11 is 0. The molecular formula is C24H29N3O3. The lowest BCUT2D eigenvalue weighted by Gasteiger charge is -2.47. The standard InChI is InChI=1S/C24H29N3O3/c1-17-20(18(2)30-26-17)14-22(28)25-16-24-12-7-6-10-21(24)27(23(29)11-13-24)15-19-8-4-3-5-9-19/h3-5,8-10H,6-7,11-16H2,1-2H3,(H,25,28). The molecule has 0 bridgehead atoms. The van der Waals surface area contributed by atoms with Gasteiger partial charge in [0.05, 0.1) is 18.7 Å². The number of likely N-dealkylation sites (tertiary alicyclic amines) is 1. The first-order chi connectivity index (χ1) is 14.5. The van der Waals surface area contributed by atoms with Crippen LogP contribution in [0.5, 0.6) is 0 Å². The number of rotatable bonds is 6. The molecule has 1 fully saturated rings. The molecule has 1 unspecified atom stereocenters. The van der Waals surface area contributed by atoms with Crippen LogP contribution < -0.4 is 5.32 Å². The molecule has 0 saturated carbocycles. The highest BCUT2D eigenvalue weighted by molar-refractivity contribution is 5.81. The van der Waals surface area contributed by atoms with Crippen molar-refractivity contribution in [2.45, 2.75) is 58.9 Å². The first-order valence-electron chi connectivity index (χ1n) is 10.7. The number of nitrogens with one attached hydrogen (secondary N) is 1. The Balaban J connectivity index is 1.49. The Hall–Kier alpha value is -2.89. The van der Waals surface area contributed by atoms with Gasteiger partial charge >= 0.3 is 0 Å². The number of allylic oxidation sites excluding steroid dienone is 1.